The van der Waals surface area contributed by atoms with Gasteiger partial charge < -0.3 is 9.80 Å². The molecule has 0 saturated carbocycles. The molecule has 2 unspecified atom stereocenters. The third-order valence-electron chi connectivity index (χ3n) is 4.40. The molecule has 2 heterocycles. The molecule has 0 amide bonds. The third-order valence-corrected chi connectivity index (χ3v) is 6.99. The Hall–Kier alpha value is 0.820. The van der Waals surface area contributed by atoms with E-state index in [4.69, 9.17) is 4.99 Å². The fraction of sp³-hybridized carbons (Fsp3) is 0.933. The average Bonchev–Trinajstić information content (AvgIpc) is 2.82. The molecule has 2 aliphatic rings. The van der Waals surface area contributed by atoms with Gasteiger partial charge in [0.2, 0.25) is 0 Å². The molecular weight excluding hydrogens is 427 g/mol. The SMILES string of the molecule is CC(CCN1CCCCCC1)N(C)C1=NC(N(C)C)SS1.I. The molecule has 0 aromatic heterocycles. The van der Waals surface area contributed by atoms with Gasteiger partial charge in [-0.25, -0.2) is 4.99 Å². The third kappa shape index (κ3) is 6.37. The van der Waals surface area contributed by atoms with E-state index in [9.17, 15) is 0 Å². The fourth-order valence-corrected chi connectivity index (χ4v) is 5.32. The molecule has 0 aromatic rings. The maximum atomic E-state index is 4.80. The topological polar surface area (TPSA) is 22.1 Å². The minimum Gasteiger partial charge on any atom is -0.351 e. The summed E-state index contributed by atoms with van der Waals surface area (Å²) in [4.78, 5) is 12.0. The first-order valence-corrected chi connectivity index (χ1v) is 10.3. The highest BCUT2D eigenvalue weighted by atomic mass is 127. The molecule has 130 valence electrons. The van der Waals surface area contributed by atoms with Crippen LogP contribution in [0.25, 0.3) is 0 Å². The summed E-state index contributed by atoms with van der Waals surface area (Å²) in [6.07, 6.45) is 6.83. The molecule has 0 bridgehead atoms. The molecule has 4 nitrogen and oxygen atoms in total. The zero-order valence-electron chi connectivity index (χ0n) is 14.3. The number of rotatable bonds is 5. The monoisotopic (exact) mass is 458 g/mol. The highest BCUT2D eigenvalue weighted by Gasteiger charge is 2.25. The van der Waals surface area contributed by atoms with Gasteiger partial charge >= 0.3 is 0 Å². The highest BCUT2D eigenvalue weighted by Crippen LogP contribution is 2.38. The lowest BCUT2D eigenvalue weighted by molar-refractivity contribution is 0.249. The van der Waals surface area contributed by atoms with E-state index in [1.165, 1.54) is 56.9 Å². The Morgan fingerprint density at radius 3 is 2.36 bits per heavy atom. The van der Waals surface area contributed by atoms with E-state index in [2.05, 4.69) is 42.8 Å². The number of halogens is 1. The second kappa shape index (κ2) is 10.6. The number of aliphatic imine (C=N–C) groups is 1. The highest BCUT2D eigenvalue weighted by molar-refractivity contribution is 14.0. The van der Waals surface area contributed by atoms with Crippen LogP contribution in [0.2, 0.25) is 0 Å². The van der Waals surface area contributed by atoms with Gasteiger partial charge in [0.25, 0.3) is 0 Å². The number of hydrogen-bond acceptors (Lipinski definition) is 6. The summed E-state index contributed by atoms with van der Waals surface area (Å²) in [5, 5.41) is 1.18. The quantitative estimate of drug-likeness (QED) is 0.461. The van der Waals surface area contributed by atoms with Crippen molar-refractivity contribution in [2.45, 2.75) is 50.6 Å². The summed E-state index contributed by atoms with van der Waals surface area (Å²) in [5.74, 6) is 0. The fourth-order valence-electron chi connectivity index (χ4n) is 2.69. The lowest BCUT2D eigenvalue weighted by Crippen LogP contribution is -2.36. The van der Waals surface area contributed by atoms with E-state index >= 15 is 0 Å². The Balaban J connectivity index is 0.00000242. The number of hydrogen-bond donors (Lipinski definition) is 0. The Morgan fingerprint density at radius 1 is 1.18 bits per heavy atom. The Kier molecular flexibility index (Phi) is 10.1. The first-order valence-electron chi connectivity index (χ1n) is 8.10. The van der Waals surface area contributed by atoms with Crippen LogP contribution in [0, 0.1) is 0 Å². The zero-order valence-corrected chi connectivity index (χ0v) is 18.3. The van der Waals surface area contributed by atoms with E-state index in [1.807, 2.05) is 21.6 Å². The van der Waals surface area contributed by atoms with Crippen molar-refractivity contribution >= 4 is 50.7 Å². The summed E-state index contributed by atoms with van der Waals surface area (Å²) >= 11 is 0. The van der Waals surface area contributed by atoms with Gasteiger partial charge in [-0.2, -0.15) is 0 Å². The van der Waals surface area contributed by atoms with Gasteiger partial charge in [0, 0.05) is 19.6 Å². The van der Waals surface area contributed by atoms with Crippen LogP contribution in [0.5, 0.6) is 0 Å². The Bertz CT molecular complexity index is 346. The van der Waals surface area contributed by atoms with E-state index in [-0.39, 0.29) is 29.5 Å². The molecule has 1 saturated heterocycles. The first-order chi connectivity index (χ1) is 10.1. The van der Waals surface area contributed by atoms with E-state index < -0.39 is 0 Å². The van der Waals surface area contributed by atoms with Crippen LogP contribution >= 0.6 is 45.6 Å². The van der Waals surface area contributed by atoms with Crippen molar-refractivity contribution in [3.63, 3.8) is 0 Å². The van der Waals surface area contributed by atoms with Crippen LogP contribution in [0.4, 0.5) is 0 Å². The van der Waals surface area contributed by atoms with E-state index in [0.717, 1.165) is 0 Å². The molecule has 1 fully saturated rings. The molecule has 0 aromatic carbocycles. The van der Waals surface area contributed by atoms with Crippen LogP contribution < -0.4 is 0 Å². The second-order valence-electron chi connectivity index (χ2n) is 6.39. The molecule has 0 aliphatic carbocycles. The zero-order chi connectivity index (χ0) is 15.2. The van der Waals surface area contributed by atoms with Gasteiger partial charge in [0.15, 0.2) is 10.7 Å². The lowest BCUT2D eigenvalue weighted by atomic mass is 10.2. The van der Waals surface area contributed by atoms with Crippen molar-refractivity contribution in [3.8, 4) is 0 Å². The molecule has 22 heavy (non-hydrogen) atoms. The van der Waals surface area contributed by atoms with Gasteiger partial charge in [-0.15, -0.1) is 24.0 Å². The lowest BCUT2D eigenvalue weighted by Gasteiger charge is -2.28. The summed E-state index contributed by atoms with van der Waals surface area (Å²) in [6.45, 7) is 6.15. The van der Waals surface area contributed by atoms with Crippen LogP contribution in [-0.2, 0) is 0 Å². The van der Waals surface area contributed by atoms with Gasteiger partial charge in [0.05, 0.1) is 0 Å². The Morgan fingerprint density at radius 2 is 1.82 bits per heavy atom. The van der Waals surface area contributed by atoms with Crippen molar-refractivity contribution in [1.29, 1.82) is 0 Å². The van der Waals surface area contributed by atoms with E-state index in [0.29, 0.717) is 6.04 Å². The van der Waals surface area contributed by atoms with Crippen molar-refractivity contribution in [1.82, 2.24) is 14.7 Å². The summed E-state index contributed by atoms with van der Waals surface area (Å²) in [5.41, 5.74) is 0.269. The molecule has 2 rings (SSSR count). The standard InChI is InChI=1S/C15H30N4S2.HI/c1-13(9-12-19-10-7-5-6-8-11-19)18(4)15-16-14(17(2)3)20-21-15;/h13-14H,5-12H2,1-4H3;1H. The van der Waals surface area contributed by atoms with Gasteiger partial charge in [-0.05, 0) is 75.0 Å². The molecule has 0 spiro atoms. The minimum atomic E-state index is 0. The van der Waals surface area contributed by atoms with Crippen molar-refractivity contribution in [3.05, 3.63) is 0 Å². The van der Waals surface area contributed by atoms with E-state index in [1.54, 1.807) is 0 Å². The normalized spacial score (nSPS) is 24.6. The number of nitrogens with zero attached hydrogens (tertiary/aromatic N) is 4. The van der Waals surface area contributed by atoms with Crippen molar-refractivity contribution < 1.29 is 0 Å². The Labute approximate surface area is 161 Å². The molecule has 7 heteroatoms. The first kappa shape index (κ1) is 20.9. The maximum Gasteiger partial charge on any atom is 0.172 e. The smallest absolute Gasteiger partial charge is 0.172 e. The predicted molar refractivity (Wildman–Crippen MR) is 112 cm³/mol. The summed E-state index contributed by atoms with van der Waals surface area (Å²) < 4.78 is 0. The minimum absolute atomic E-state index is 0. The molecule has 0 radical (unpaired) electrons. The summed E-state index contributed by atoms with van der Waals surface area (Å²) in [6, 6.07) is 0.556. The molecular formula is C15H31IN4S2. The van der Waals surface area contributed by atoms with Crippen LogP contribution in [-0.4, -0.2) is 72.2 Å². The van der Waals surface area contributed by atoms with Gasteiger partial charge in [-0.3, -0.25) is 4.90 Å². The molecule has 2 aliphatic heterocycles. The van der Waals surface area contributed by atoms with Crippen molar-refractivity contribution in [2.24, 2.45) is 4.99 Å². The van der Waals surface area contributed by atoms with Crippen LogP contribution in [0.15, 0.2) is 4.99 Å². The average molecular weight is 458 g/mol. The van der Waals surface area contributed by atoms with Gasteiger partial charge in [0.1, 0.15) is 0 Å². The largest absolute Gasteiger partial charge is 0.351 e. The van der Waals surface area contributed by atoms with Crippen molar-refractivity contribution in [2.75, 3.05) is 40.8 Å². The second-order valence-corrected chi connectivity index (χ2v) is 8.61. The van der Waals surface area contributed by atoms with Gasteiger partial charge in [-0.1, -0.05) is 12.8 Å². The predicted octanol–water partition coefficient (Wildman–Crippen LogP) is 3.79. The maximum absolute atomic E-state index is 4.80. The number of amidine groups is 1. The van der Waals surface area contributed by atoms with Crippen LogP contribution in [0.1, 0.15) is 39.0 Å². The molecule has 0 N–H and O–H groups in total. The number of likely N-dealkylation sites (tertiary alicyclic amines) is 1. The van der Waals surface area contributed by atoms with Crippen LogP contribution in [0.3, 0.4) is 0 Å². The molecule has 2 atom stereocenters. The summed E-state index contributed by atoms with van der Waals surface area (Å²) in [7, 11) is 10.0.